The number of benzene rings is 2. The van der Waals surface area contributed by atoms with Crippen molar-refractivity contribution >= 4 is 35.6 Å². The molecule has 0 saturated carbocycles. The molecular weight excluding hydrogens is 407 g/mol. The fourth-order valence-electron chi connectivity index (χ4n) is 1.92. The molecule has 0 atom stereocenters. The molecule has 0 aliphatic carbocycles. The molecular formula is C16H19IN4O2. The third-order valence-electron chi connectivity index (χ3n) is 3.13. The van der Waals surface area contributed by atoms with E-state index in [1.54, 1.807) is 19.2 Å². The molecule has 0 aliphatic heterocycles. The Morgan fingerprint density at radius 3 is 2.00 bits per heavy atom. The number of nitrogens with zero attached hydrogens (tertiary/aromatic N) is 2. The zero-order valence-corrected chi connectivity index (χ0v) is 15.1. The van der Waals surface area contributed by atoms with Gasteiger partial charge in [0.25, 0.3) is 5.69 Å². The molecule has 0 fully saturated rings. The number of guanidine groups is 1. The van der Waals surface area contributed by atoms with E-state index in [2.05, 4.69) is 15.6 Å². The SMILES string of the molecule is CN=C(NCc1ccccc1)NCc1ccc([N+](=O)[O-])cc1.I. The van der Waals surface area contributed by atoms with Crippen LogP contribution in [0.2, 0.25) is 0 Å². The minimum atomic E-state index is -0.405. The highest BCUT2D eigenvalue weighted by Gasteiger charge is 2.04. The Hall–Kier alpha value is -2.16. The number of rotatable bonds is 5. The Morgan fingerprint density at radius 2 is 1.52 bits per heavy atom. The van der Waals surface area contributed by atoms with Gasteiger partial charge in [-0.3, -0.25) is 15.1 Å². The van der Waals surface area contributed by atoms with Gasteiger partial charge in [0.2, 0.25) is 0 Å². The third kappa shape index (κ3) is 6.23. The van der Waals surface area contributed by atoms with Crippen molar-refractivity contribution in [3.05, 3.63) is 75.8 Å². The van der Waals surface area contributed by atoms with E-state index in [9.17, 15) is 10.1 Å². The third-order valence-corrected chi connectivity index (χ3v) is 3.13. The monoisotopic (exact) mass is 426 g/mol. The van der Waals surface area contributed by atoms with Crippen molar-refractivity contribution in [3.63, 3.8) is 0 Å². The van der Waals surface area contributed by atoms with Gasteiger partial charge in [0, 0.05) is 32.3 Å². The second-order valence-electron chi connectivity index (χ2n) is 4.69. The second-order valence-corrected chi connectivity index (χ2v) is 4.69. The van der Waals surface area contributed by atoms with Gasteiger partial charge in [0.1, 0.15) is 0 Å². The summed E-state index contributed by atoms with van der Waals surface area (Å²) in [4.78, 5) is 14.4. The van der Waals surface area contributed by atoms with Gasteiger partial charge >= 0.3 is 0 Å². The van der Waals surface area contributed by atoms with Crippen LogP contribution in [0.25, 0.3) is 0 Å². The molecule has 7 heteroatoms. The maximum absolute atomic E-state index is 10.6. The van der Waals surface area contributed by atoms with Crippen molar-refractivity contribution in [2.45, 2.75) is 13.1 Å². The lowest BCUT2D eigenvalue weighted by Gasteiger charge is -2.12. The van der Waals surface area contributed by atoms with Gasteiger partial charge in [-0.1, -0.05) is 42.5 Å². The Kier molecular flexibility index (Phi) is 8.03. The number of nitro groups is 1. The van der Waals surface area contributed by atoms with Crippen molar-refractivity contribution in [2.75, 3.05) is 7.05 Å². The molecule has 23 heavy (non-hydrogen) atoms. The number of halogens is 1. The first-order valence-electron chi connectivity index (χ1n) is 6.91. The first kappa shape index (κ1) is 18.9. The van der Waals surface area contributed by atoms with Crippen LogP contribution in [0.4, 0.5) is 5.69 Å². The Bertz CT molecular complexity index is 645. The lowest BCUT2D eigenvalue weighted by molar-refractivity contribution is -0.384. The Labute approximate surface area is 152 Å². The highest BCUT2D eigenvalue weighted by molar-refractivity contribution is 14.0. The smallest absolute Gasteiger partial charge is 0.269 e. The Balaban J connectivity index is 0.00000264. The van der Waals surface area contributed by atoms with Gasteiger partial charge in [-0.25, -0.2) is 0 Å². The molecule has 0 radical (unpaired) electrons. The Morgan fingerprint density at radius 1 is 1.00 bits per heavy atom. The molecule has 2 aromatic rings. The summed E-state index contributed by atoms with van der Waals surface area (Å²) >= 11 is 0. The summed E-state index contributed by atoms with van der Waals surface area (Å²) in [6.45, 7) is 1.23. The van der Waals surface area contributed by atoms with Crippen LogP contribution in [0.15, 0.2) is 59.6 Å². The normalized spacial score (nSPS) is 10.6. The summed E-state index contributed by atoms with van der Waals surface area (Å²) in [7, 11) is 1.70. The molecule has 0 aliphatic rings. The molecule has 0 bridgehead atoms. The number of hydrogen-bond donors (Lipinski definition) is 2. The van der Waals surface area contributed by atoms with E-state index in [0.29, 0.717) is 19.0 Å². The largest absolute Gasteiger partial charge is 0.352 e. The van der Waals surface area contributed by atoms with E-state index < -0.39 is 4.92 Å². The highest BCUT2D eigenvalue weighted by Crippen LogP contribution is 2.11. The lowest BCUT2D eigenvalue weighted by Crippen LogP contribution is -2.36. The number of aliphatic imine (C=N–C) groups is 1. The number of nitro benzene ring substituents is 1. The molecule has 122 valence electrons. The molecule has 0 saturated heterocycles. The van der Waals surface area contributed by atoms with Crippen LogP contribution < -0.4 is 10.6 Å². The zero-order valence-electron chi connectivity index (χ0n) is 12.7. The number of non-ortho nitro benzene ring substituents is 1. The molecule has 2 N–H and O–H groups in total. The van der Waals surface area contributed by atoms with E-state index >= 15 is 0 Å². The molecule has 2 rings (SSSR count). The number of hydrogen-bond acceptors (Lipinski definition) is 3. The fraction of sp³-hybridized carbons (Fsp3) is 0.188. The van der Waals surface area contributed by atoms with E-state index in [1.807, 2.05) is 30.3 Å². The van der Waals surface area contributed by atoms with Crippen LogP contribution in [0, 0.1) is 10.1 Å². The van der Waals surface area contributed by atoms with Gasteiger partial charge in [-0.2, -0.15) is 0 Å². The van der Waals surface area contributed by atoms with Gasteiger partial charge in [0.05, 0.1) is 4.92 Å². The topological polar surface area (TPSA) is 79.6 Å². The second kappa shape index (κ2) is 9.78. The van der Waals surface area contributed by atoms with Gasteiger partial charge in [0.15, 0.2) is 5.96 Å². The molecule has 2 aromatic carbocycles. The average molecular weight is 426 g/mol. The summed E-state index contributed by atoms with van der Waals surface area (Å²) < 4.78 is 0. The van der Waals surface area contributed by atoms with Crippen molar-refractivity contribution in [3.8, 4) is 0 Å². The van der Waals surface area contributed by atoms with Crippen molar-refractivity contribution in [2.24, 2.45) is 4.99 Å². The minimum Gasteiger partial charge on any atom is -0.352 e. The van der Waals surface area contributed by atoms with E-state index in [-0.39, 0.29) is 29.7 Å². The standard InChI is InChI=1S/C16H18N4O2.HI/c1-17-16(18-11-13-5-3-2-4-6-13)19-12-14-7-9-15(10-8-14)20(21)22;/h2-10H,11-12H2,1H3,(H2,17,18,19);1H. The highest BCUT2D eigenvalue weighted by atomic mass is 127. The van der Waals surface area contributed by atoms with Crippen LogP contribution in [0.3, 0.4) is 0 Å². The summed E-state index contributed by atoms with van der Waals surface area (Å²) in [5, 5.41) is 17.0. The molecule has 0 unspecified atom stereocenters. The predicted molar refractivity (Wildman–Crippen MR) is 102 cm³/mol. The van der Waals surface area contributed by atoms with Crippen molar-refractivity contribution < 1.29 is 4.92 Å². The average Bonchev–Trinajstić information content (AvgIpc) is 2.56. The van der Waals surface area contributed by atoms with Crippen LogP contribution in [-0.2, 0) is 13.1 Å². The molecule has 0 amide bonds. The van der Waals surface area contributed by atoms with E-state index in [4.69, 9.17) is 0 Å². The molecule has 0 spiro atoms. The molecule has 0 heterocycles. The maximum Gasteiger partial charge on any atom is 0.269 e. The predicted octanol–water partition coefficient (Wildman–Crippen LogP) is 3.08. The lowest BCUT2D eigenvalue weighted by atomic mass is 10.2. The van der Waals surface area contributed by atoms with E-state index in [1.165, 1.54) is 17.7 Å². The quantitative estimate of drug-likeness (QED) is 0.253. The summed E-state index contributed by atoms with van der Waals surface area (Å²) in [6.07, 6.45) is 0. The summed E-state index contributed by atoms with van der Waals surface area (Å²) in [5.74, 6) is 0.683. The van der Waals surface area contributed by atoms with Crippen LogP contribution in [0.5, 0.6) is 0 Å². The zero-order chi connectivity index (χ0) is 15.8. The summed E-state index contributed by atoms with van der Waals surface area (Å²) in [6, 6.07) is 16.5. The summed E-state index contributed by atoms with van der Waals surface area (Å²) in [5.41, 5.74) is 2.21. The number of nitrogens with one attached hydrogen (secondary N) is 2. The first-order valence-corrected chi connectivity index (χ1v) is 6.91. The van der Waals surface area contributed by atoms with Crippen molar-refractivity contribution in [1.82, 2.24) is 10.6 Å². The van der Waals surface area contributed by atoms with E-state index in [0.717, 1.165) is 5.56 Å². The van der Waals surface area contributed by atoms with Crippen LogP contribution in [-0.4, -0.2) is 17.9 Å². The van der Waals surface area contributed by atoms with Crippen LogP contribution in [0.1, 0.15) is 11.1 Å². The first-order chi connectivity index (χ1) is 10.7. The van der Waals surface area contributed by atoms with Gasteiger partial charge < -0.3 is 10.6 Å². The molecule has 0 aromatic heterocycles. The maximum atomic E-state index is 10.6. The minimum absolute atomic E-state index is 0. The van der Waals surface area contributed by atoms with Gasteiger partial charge in [-0.15, -0.1) is 24.0 Å². The van der Waals surface area contributed by atoms with Crippen molar-refractivity contribution in [1.29, 1.82) is 0 Å². The molecule has 6 nitrogen and oxygen atoms in total. The fourth-order valence-corrected chi connectivity index (χ4v) is 1.92. The van der Waals surface area contributed by atoms with Gasteiger partial charge in [-0.05, 0) is 11.1 Å². The van der Waals surface area contributed by atoms with Crippen LogP contribution >= 0.6 is 24.0 Å².